The van der Waals surface area contributed by atoms with Crippen molar-refractivity contribution in [3.63, 3.8) is 0 Å². The van der Waals surface area contributed by atoms with Gasteiger partial charge >= 0.3 is 5.82 Å². The molecule has 1 aromatic carbocycles. The Kier molecular flexibility index (Phi) is 4.19. The number of hydrogen-bond acceptors (Lipinski definition) is 6. The minimum Gasteiger partial charge on any atom is -0.358 e. The van der Waals surface area contributed by atoms with Crippen LogP contribution in [-0.4, -0.2) is 35.6 Å². The first-order chi connectivity index (χ1) is 14.2. The molecule has 0 aliphatic carbocycles. The quantitative estimate of drug-likeness (QED) is 0.385. The molecular weight excluding hydrogens is 370 g/mol. The smallest absolute Gasteiger partial charge is 0.358 e. The van der Waals surface area contributed by atoms with Gasteiger partial charge < -0.3 is 19.6 Å². The topological polar surface area (TPSA) is 94.4 Å². The average molecular weight is 389 g/mol. The molecule has 0 bridgehead atoms. The molecular formula is C20H19N7O2. The van der Waals surface area contributed by atoms with Gasteiger partial charge in [0.25, 0.3) is 0 Å². The second kappa shape index (κ2) is 7.01. The fraction of sp³-hybridized carbons (Fsp3) is 0.250. The van der Waals surface area contributed by atoms with Crippen LogP contribution >= 0.6 is 0 Å². The van der Waals surface area contributed by atoms with Crippen LogP contribution < -0.4 is 4.90 Å². The van der Waals surface area contributed by atoms with Gasteiger partial charge in [0.1, 0.15) is 6.20 Å². The summed E-state index contributed by atoms with van der Waals surface area (Å²) < 4.78 is 3.51. The number of benzene rings is 1. The molecule has 0 amide bonds. The minimum absolute atomic E-state index is 0.135. The Hall–Kier alpha value is -3.75. The minimum atomic E-state index is -0.473. The van der Waals surface area contributed by atoms with E-state index in [1.807, 2.05) is 18.5 Å². The van der Waals surface area contributed by atoms with Crippen LogP contribution in [0.15, 0.2) is 55.0 Å². The molecule has 0 saturated heterocycles. The van der Waals surface area contributed by atoms with Crippen LogP contribution in [-0.2, 0) is 25.9 Å². The number of aromatic nitrogens is 5. The third-order valence-corrected chi connectivity index (χ3v) is 5.32. The van der Waals surface area contributed by atoms with Crippen LogP contribution in [0.2, 0.25) is 0 Å². The highest BCUT2D eigenvalue weighted by molar-refractivity contribution is 5.50. The van der Waals surface area contributed by atoms with Gasteiger partial charge in [-0.15, -0.1) is 0 Å². The molecule has 4 aromatic rings. The Morgan fingerprint density at radius 1 is 1.10 bits per heavy atom. The first-order valence-electron chi connectivity index (χ1n) is 9.50. The third kappa shape index (κ3) is 3.20. The van der Waals surface area contributed by atoms with E-state index in [1.54, 1.807) is 6.07 Å². The summed E-state index contributed by atoms with van der Waals surface area (Å²) in [4.78, 5) is 21.4. The maximum absolute atomic E-state index is 11.2. The molecule has 0 unspecified atom stereocenters. The molecule has 146 valence electrons. The second-order valence-corrected chi connectivity index (χ2v) is 7.07. The highest BCUT2D eigenvalue weighted by Crippen LogP contribution is 2.24. The molecule has 3 aromatic heterocycles. The maximum Gasteiger partial charge on any atom is 0.368 e. The maximum atomic E-state index is 11.2. The normalized spacial score (nSPS) is 13.6. The van der Waals surface area contributed by atoms with E-state index >= 15 is 0 Å². The van der Waals surface area contributed by atoms with Crippen LogP contribution in [0, 0.1) is 10.1 Å². The van der Waals surface area contributed by atoms with Gasteiger partial charge in [0.15, 0.2) is 5.82 Å². The molecule has 0 saturated carbocycles. The molecule has 0 spiro atoms. The van der Waals surface area contributed by atoms with Gasteiger partial charge in [0.2, 0.25) is 5.65 Å². The van der Waals surface area contributed by atoms with Crippen molar-refractivity contribution in [3.05, 3.63) is 82.1 Å². The Bertz CT molecular complexity index is 1180. The van der Waals surface area contributed by atoms with Gasteiger partial charge in [0.05, 0.1) is 18.6 Å². The Balaban J connectivity index is 1.35. The van der Waals surface area contributed by atoms with E-state index < -0.39 is 4.92 Å². The number of imidazole rings is 2. The Morgan fingerprint density at radius 2 is 1.97 bits per heavy atom. The third-order valence-electron chi connectivity index (χ3n) is 5.32. The van der Waals surface area contributed by atoms with Gasteiger partial charge in [-0.3, -0.25) is 0 Å². The lowest BCUT2D eigenvalue weighted by Gasteiger charge is -2.27. The molecule has 29 heavy (non-hydrogen) atoms. The van der Waals surface area contributed by atoms with Crippen LogP contribution in [0.5, 0.6) is 0 Å². The SMILES string of the molecule is O=[N+]([O-])c1cnc2ccc(N3CCc4c(ncn4CCc4ccccc4)C3)nn12. The van der Waals surface area contributed by atoms with Crippen molar-refractivity contribution in [2.75, 3.05) is 11.4 Å². The van der Waals surface area contributed by atoms with E-state index in [4.69, 9.17) is 0 Å². The highest BCUT2D eigenvalue weighted by Gasteiger charge is 2.24. The van der Waals surface area contributed by atoms with Gasteiger partial charge in [-0.2, -0.15) is 0 Å². The molecule has 0 N–H and O–H groups in total. The molecule has 4 heterocycles. The number of hydrogen-bond donors (Lipinski definition) is 0. The van der Waals surface area contributed by atoms with Crippen molar-refractivity contribution < 1.29 is 4.92 Å². The van der Waals surface area contributed by atoms with Gasteiger partial charge in [0, 0.05) is 31.3 Å². The predicted octanol–water partition coefficient (Wildman–Crippen LogP) is 2.64. The van der Waals surface area contributed by atoms with Crippen molar-refractivity contribution in [1.82, 2.24) is 24.1 Å². The summed E-state index contributed by atoms with van der Waals surface area (Å²) in [6.45, 7) is 2.32. The number of aryl methyl sites for hydroxylation is 2. The number of nitrogens with zero attached hydrogens (tertiary/aromatic N) is 7. The standard InChI is InChI=1S/C20H19N7O2/c28-27(29)20-12-21-18-6-7-19(23-26(18)20)24-11-9-17-16(13-24)22-14-25(17)10-8-15-4-2-1-3-5-15/h1-7,12,14H,8-11,13H2. The van der Waals surface area contributed by atoms with Crippen molar-refractivity contribution in [2.24, 2.45) is 0 Å². The lowest BCUT2D eigenvalue weighted by atomic mass is 10.1. The molecule has 0 radical (unpaired) electrons. The number of fused-ring (bicyclic) bond motifs is 2. The zero-order chi connectivity index (χ0) is 19.8. The van der Waals surface area contributed by atoms with Crippen molar-refractivity contribution in [2.45, 2.75) is 25.9 Å². The molecule has 9 nitrogen and oxygen atoms in total. The first kappa shape index (κ1) is 17.4. The average Bonchev–Trinajstić information content (AvgIpc) is 3.36. The molecule has 9 heteroatoms. The van der Waals surface area contributed by atoms with Crippen molar-refractivity contribution in [1.29, 1.82) is 0 Å². The first-order valence-corrected chi connectivity index (χ1v) is 9.50. The van der Waals surface area contributed by atoms with E-state index in [1.165, 1.54) is 22.0 Å². The van der Waals surface area contributed by atoms with Crippen molar-refractivity contribution in [3.8, 4) is 0 Å². The monoisotopic (exact) mass is 389 g/mol. The lowest BCUT2D eigenvalue weighted by Crippen LogP contribution is -2.32. The van der Waals surface area contributed by atoms with Gasteiger partial charge in [-0.25, -0.2) is 9.97 Å². The van der Waals surface area contributed by atoms with E-state index in [-0.39, 0.29) is 5.82 Å². The molecule has 0 fully saturated rings. The summed E-state index contributed by atoms with van der Waals surface area (Å²) in [6, 6.07) is 14.0. The van der Waals surface area contributed by atoms with Crippen molar-refractivity contribution >= 4 is 17.3 Å². The fourth-order valence-electron chi connectivity index (χ4n) is 3.80. The fourth-order valence-corrected chi connectivity index (χ4v) is 3.80. The molecule has 1 aliphatic heterocycles. The Labute approximate surface area is 166 Å². The van der Waals surface area contributed by atoms with Crippen LogP contribution in [0.25, 0.3) is 5.65 Å². The van der Waals surface area contributed by atoms with Gasteiger partial charge in [-0.05, 0) is 23.0 Å². The highest BCUT2D eigenvalue weighted by atomic mass is 16.6. The van der Waals surface area contributed by atoms with Crippen LogP contribution in [0.3, 0.4) is 0 Å². The second-order valence-electron chi connectivity index (χ2n) is 7.07. The molecule has 5 rings (SSSR count). The lowest BCUT2D eigenvalue weighted by molar-refractivity contribution is -0.391. The van der Waals surface area contributed by atoms with Gasteiger partial charge in [-0.1, -0.05) is 39.9 Å². The number of nitro groups is 1. The largest absolute Gasteiger partial charge is 0.368 e. The number of anilines is 1. The summed E-state index contributed by atoms with van der Waals surface area (Å²) in [5.41, 5.74) is 4.06. The number of rotatable bonds is 5. The van der Waals surface area contributed by atoms with E-state index in [0.717, 1.165) is 31.6 Å². The van der Waals surface area contributed by atoms with E-state index in [0.29, 0.717) is 18.0 Å². The van der Waals surface area contributed by atoms with E-state index in [9.17, 15) is 10.1 Å². The zero-order valence-corrected chi connectivity index (χ0v) is 15.7. The van der Waals surface area contributed by atoms with Crippen LogP contribution in [0.4, 0.5) is 11.6 Å². The summed E-state index contributed by atoms with van der Waals surface area (Å²) in [5, 5.41) is 15.6. The summed E-state index contributed by atoms with van der Waals surface area (Å²) >= 11 is 0. The summed E-state index contributed by atoms with van der Waals surface area (Å²) in [5.74, 6) is 0.549. The molecule has 1 aliphatic rings. The zero-order valence-electron chi connectivity index (χ0n) is 15.7. The Morgan fingerprint density at radius 3 is 2.79 bits per heavy atom. The predicted molar refractivity (Wildman–Crippen MR) is 107 cm³/mol. The molecule has 0 atom stereocenters. The summed E-state index contributed by atoms with van der Waals surface area (Å²) in [6.07, 6.45) is 4.97. The summed E-state index contributed by atoms with van der Waals surface area (Å²) in [7, 11) is 0. The van der Waals surface area contributed by atoms with Crippen LogP contribution in [0.1, 0.15) is 17.0 Å². The van der Waals surface area contributed by atoms with E-state index in [2.05, 4.69) is 48.8 Å².